The molecule has 13 heavy (non-hydrogen) atoms. The van der Waals surface area contributed by atoms with Crippen molar-refractivity contribution in [2.24, 2.45) is 0 Å². The molecule has 0 bridgehead atoms. The molecule has 1 aromatic rings. The first kappa shape index (κ1) is 9.85. The zero-order chi connectivity index (χ0) is 9.52. The Hall–Kier alpha value is -1.24. The third-order valence-corrected chi connectivity index (χ3v) is 1.87. The Balaban J connectivity index is 2.40. The molecule has 0 aromatic heterocycles. The van der Waals surface area contributed by atoms with Gasteiger partial charge in [0.1, 0.15) is 5.76 Å². The van der Waals surface area contributed by atoms with Crippen molar-refractivity contribution >= 4 is 5.76 Å². The Kier molecular flexibility index (Phi) is 4.10. The fourth-order valence-electron chi connectivity index (χ4n) is 1.05. The Morgan fingerprint density at radius 2 is 2.00 bits per heavy atom. The predicted molar refractivity (Wildman–Crippen MR) is 56.3 cm³/mol. The summed E-state index contributed by atoms with van der Waals surface area (Å²) in [5.74, 6) is 0.772. The van der Waals surface area contributed by atoms with Crippen LogP contribution in [0, 0.1) is 0 Å². The maximum Gasteiger partial charge on any atom is 0.119 e. The van der Waals surface area contributed by atoms with E-state index in [1.54, 1.807) is 0 Å². The Bertz CT molecular complexity index is 251. The van der Waals surface area contributed by atoms with Crippen LogP contribution in [0.25, 0.3) is 5.76 Å². The average molecular weight is 176 g/mol. The van der Waals surface area contributed by atoms with Crippen LogP contribution in [-0.2, 0) is 4.74 Å². The van der Waals surface area contributed by atoms with E-state index in [4.69, 9.17) is 4.74 Å². The van der Waals surface area contributed by atoms with Crippen molar-refractivity contribution in [1.29, 1.82) is 0 Å². The van der Waals surface area contributed by atoms with Gasteiger partial charge in [0, 0.05) is 5.56 Å². The summed E-state index contributed by atoms with van der Waals surface area (Å²) >= 11 is 0. The van der Waals surface area contributed by atoms with Crippen LogP contribution in [0.1, 0.15) is 25.3 Å². The van der Waals surface area contributed by atoms with Gasteiger partial charge in [0.05, 0.1) is 6.61 Å². The van der Waals surface area contributed by atoms with Crippen LogP contribution >= 0.6 is 0 Å². The van der Waals surface area contributed by atoms with E-state index in [2.05, 4.69) is 13.5 Å². The van der Waals surface area contributed by atoms with E-state index in [1.807, 2.05) is 30.3 Å². The van der Waals surface area contributed by atoms with Gasteiger partial charge in [-0.15, -0.1) is 0 Å². The van der Waals surface area contributed by atoms with Crippen LogP contribution in [0.4, 0.5) is 0 Å². The summed E-state index contributed by atoms with van der Waals surface area (Å²) in [6.07, 6.45) is 2.24. The Morgan fingerprint density at radius 1 is 1.31 bits per heavy atom. The van der Waals surface area contributed by atoms with Gasteiger partial charge in [0.15, 0.2) is 0 Å². The summed E-state index contributed by atoms with van der Waals surface area (Å²) < 4.78 is 5.47. The lowest BCUT2D eigenvalue weighted by atomic mass is 10.2. The number of hydrogen-bond acceptors (Lipinski definition) is 1. The second-order valence-electron chi connectivity index (χ2n) is 2.99. The van der Waals surface area contributed by atoms with Gasteiger partial charge in [0.2, 0.25) is 0 Å². The van der Waals surface area contributed by atoms with E-state index in [9.17, 15) is 0 Å². The molecule has 0 N–H and O–H groups in total. The average Bonchev–Trinajstić information content (AvgIpc) is 2.19. The van der Waals surface area contributed by atoms with Crippen LogP contribution < -0.4 is 0 Å². The maximum absolute atomic E-state index is 5.47. The van der Waals surface area contributed by atoms with Crippen molar-refractivity contribution in [3.63, 3.8) is 0 Å². The smallest absolute Gasteiger partial charge is 0.119 e. The van der Waals surface area contributed by atoms with Crippen LogP contribution in [0.2, 0.25) is 0 Å². The summed E-state index contributed by atoms with van der Waals surface area (Å²) in [6.45, 7) is 6.79. The zero-order valence-corrected chi connectivity index (χ0v) is 8.12. The minimum atomic E-state index is 0.768. The Labute approximate surface area is 80.0 Å². The van der Waals surface area contributed by atoms with Crippen molar-refractivity contribution in [2.45, 2.75) is 19.8 Å². The summed E-state index contributed by atoms with van der Waals surface area (Å²) in [4.78, 5) is 0. The first-order chi connectivity index (χ1) is 6.34. The summed E-state index contributed by atoms with van der Waals surface area (Å²) in [5, 5.41) is 0. The van der Waals surface area contributed by atoms with Crippen LogP contribution in [0.5, 0.6) is 0 Å². The van der Waals surface area contributed by atoms with E-state index < -0.39 is 0 Å². The van der Waals surface area contributed by atoms with Gasteiger partial charge in [-0.1, -0.05) is 50.3 Å². The first-order valence-electron chi connectivity index (χ1n) is 4.71. The monoisotopic (exact) mass is 176 g/mol. The van der Waals surface area contributed by atoms with Gasteiger partial charge >= 0.3 is 0 Å². The van der Waals surface area contributed by atoms with Crippen molar-refractivity contribution in [1.82, 2.24) is 0 Å². The SMILES string of the molecule is C=C(OCCCC)c1ccccc1. The molecule has 1 rings (SSSR count). The molecule has 0 amide bonds. The molecule has 0 heterocycles. The van der Waals surface area contributed by atoms with Gasteiger partial charge in [-0.2, -0.15) is 0 Å². The number of unbranched alkanes of at least 4 members (excludes halogenated alkanes) is 1. The third-order valence-electron chi connectivity index (χ3n) is 1.87. The minimum Gasteiger partial charge on any atom is -0.494 e. The number of rotatable bonds is 5. The van der Waals surface area contributed by atoms with Gasteiger partial charge in [-0.3, -0.25) is 0 Å². The lowest BCUT2D eigenvalue weighted by Gasteiger charge is -2.07. The topological polar surface area (TPSA) is 9.23 Å². The Morgan fingerprint density at radius 3 is 2.62 bits per heavy atom. The lowest BCUT2D eigenvalue weighted by Crippen LogP contribution is -1.92. The summed E-state index contributed by atoms with van der Waals surface area (Å²) in [7, 11) is 0. The quantitative estimate of drug-likeness (QED) is 0.493. The molecule has 0 radical (unpaired) electrons. The predicted octanol–water partition coefficient (Wildman–Crippen LogP) is 3.47. The normalized spacial score (nSPS) is 9.62. The van der Waals surface area contributed by atoms with Gasteiger partial charge < -0.3 is 4.74 Å². The minimum absolute atomic E-state index is 0.768. The maximum atomic E-state index is 5.47. The van der Waals surface area contributed by atoms with Gasteiger partial charge in [-0.05, 0) is 6.42 Å². The van der Waals surface area contributed by atoms with E-state index in [0.717, 1.165) is 30.8 Å². The molecule has 0 fully saturated rings. The number of ether oxygens (including phenoxy) is 1. The van der Waals surface area contributed by atoms with E-state index in [0.29, 0.717) is 0 Å². The highest BCUT2D eigenvalue weighted by Crippen LogP contribution is 2.12. The highest BCUT2D eigenvalue weighted by molar-refractivity contribution is 5.56. The zero-order valence-electron chi connectivity index (χ0n) is 8.12. The van der Waals surface area contributed by atoms with Crippen LogP contribution in [-0.4, -0.2) is 6.61 Å². The van der Waals surface area contributed by atoms with Crippen molar-refractivity contribution in [3.8, 4) is 0 Å². The number of benzene rings is 1. The molecular weight excluding hydrogens is 160 g/mol. The molecular formula is C12H16O. The highest BCUT2D eigenvalue weighted by atomic mass is 16.5. The van der Waals surface area contributed by atoms with Crippen molar-refractivity contribution in [2.75, 3.05) is 6.61 Å². The molecule has 70 valence electrons. The molecule has 1 heteroatoms. The first-order valence-corrected chi connectivity index (χ1v) is 4.71. The molecule has 0 unspecified atom stereocenters. The second-order valence-corrected chi connectivity index (χ2v) is 2.99. The molecule has 0 atom stereocenters. The molecule has 0 aliphatic rings. The lowest BCUT2D eigenvalue weighted by molar-refractivity contribution is 0.271. The second kappa shape index (κ2) is 5.41. The molecule has 1 nitrogen and oxygen atoms in total. The summed E-state index contributed by atoms with van der Waals surface area (Å²) in [6, 6.07) is 9.98. The number of hydrogen-bond donors (Lipinski definition) is 0. The largest absolute Gasteiger partial charge is 0.494 e. The summed E-state index contributed by atoms with van der Waals surface area (Å²) in [5.41, 5.74) is 1.07. The van der Waals surface area contributed by atoms with Crippen molar-refractivity contribution in [3.05, 3.63) is 42.5 Å². The van der Waals surface area contributed by atoms with Crippen LogP contribution in [0.3, 0.4) is 0 Å². The molecule has 0 saturated carbocycles. The van der Waals surface area contributed by atoms with E-state index in [-0.39, 0.29) is 0 Å². The standard InChI is InChI=1S/C12H16O/c1-3-4-10-13-11(2)12-8-6-5-7-9-12/h5-9H,2-4,10H2,1H3. The highest BCUT2D eigenvalue weighted by Gasteiger charge is 1.96. The van der Waals surface area contributed by atoms with E-state index >= 15 is 0 Å². The molecule has 0 aliphatic heterocycles. The molecule has 1 aromatic carbocycles. The van der Waals surface area contributed by atoms with E-state index in [1.165, 1.54) is 0 Å². The molecule has 0 saturated heterocycles. The van der Waals surface area contributed by atoms with Gasteiger partial charge in [-0.25, -0.2) is 0 Å². The molecule has 0 aliphatic carbocycles. The fraction of sp³-hybridized carbons (Fsp3) is 0.333. The fourth-order valence-corrected chi connectivity index (χ4v) is 1.05. The third kappa shape index (κ3) is 3.32. The van der Waals surface area contributed by atoms with Gasteiger partial charge in [0.25, 0.3) is 0 Å². The van der Waals surface area contributed by atoms with Crippen LogP contribution in [0.15, 0.2) is 36.9 Å². The molecule has 0 spiro atoms. The van der Waals surface area contributed by atoms with Crippen molar-refractivity contribution < 1.29 is 4.74 Å².